The Morgan fingerprint density at radius 2 is 1.24 bits per heavy atom. The number of unbranched alkanes of at least 4 members (excludes halogenated alkanes) is 4. The lowest BCUT2D eigenvalue weighted by Crippen LogP contribution is -2.66. The summed E-state index contributed by atoms with van der Waals surface area (Å²) in [5, 5.41) is 9.27. The van der Waals surface area contributed by atoms with E-state index in [-0.39, 0.29) is 13.2 Å². The number of carboxylic acid groups (broad SMARTS) is 1. The quantitative estimate of drug-likeness (QED) is 0.264. The van der Waals surface area contributed by atoms with Gasteiger partial charge in [0, 0.05) is 26.4 Å². The lowest BCUT2D eigenvalue weighted by Gasteiger charge is -2.47. The van der Waals surface area contributed by atoms with Gasteiger partial charge < -0.3 is 28.8 Å². The Morgan fingerprint density at radius 3 is 1.73 bits per heavy atom. The summed E-state index contributed by atoms with van der Waals surface area (Å²) in [6.07, 6.45) is 0.710. The average Bonchev–Trinajstić information content (AvgIpc) is 2.78. The van der Waals surface area contributed by atoms with E-state index in [4.69, 9.17) is 23.7 Å². The van der Waals surface area contributed by atoms with Gasteiger partial charge in [-0.25, -0.2) is 4.79 Å². The summed E-state index contributed by atoms with van der Waals surface area (Å²) in [6, 6.07) is 0. The molecule has 1 heterocycles. The Kier molecular flexibility index (Phi) is 15.3. The largest absolute Gasteiger partial charge is 0.477 e. The molecule has 1 N–H and O–H groups in total. The fraction of sp³-hybridized carbons (Fsp3) is 0.958. The van der Waals surface area contributed by atoms with E-state index < -0.39 is 42.4 Å². The van der Waals surface area contributed by atoms with E-state index in [9.17, 15) is 18.7 Å². The van der Waals surface area contributed by atoms with Crippen LogP contribution < -0.4 is 0 Å². The molecule has 1 rings (SSSR count). The van der Waals surface area contributed by atoms with Crippen molar-refractivity contribution in [3.63, 3.8) is 0 Å². The Labute approximate surface area is 197 Å². The highest BCUT2D eigenvalue weighted by molar-refractivity contribution is 5.76. The van der Waals surface area contributed by atoms with Crippen molar-refractivity contribution in [2.24, 2.45) is 0 Å². The van der Waals surface area contributed by atoms with Crippen molar-refractivity contribution in [2.45, 2.75) is 116 Å². The summed E-state index contributed by atoms with van der Waals surface area (Å²) < 4.78 is 59.1. The van der Waals surface area contributed by atoms with Crippen molar-refractivity contribution < 1.29 is 42.4 Å². The SMILES string of the molecule is CCCCOC[C@H]1O[C@@H](C(F)(F)C(=O)O)[C@H](OCCCC)C(OCCCC)[C@H]1OCCCC. The van der Waals surface area contributed by atoms with Crippen LogP contribution in [0.3, 0.4) is 0 Å². The highest BCUT2D eigenvalue weighted by Gasteiger charge is 2.60. The third-order valence-corrected chi connectivity index (χ3v) is 5.63. The summed E-state index contributed by atoms with van der Waals surface area (Å²) in [7, 11) is 0. The lowest BCUT2D eigenvalue weighted by molar-refractivity contribution is -0.302. The van der Waals surface area contributed by atoms with Gasteiger partial charge in [0.05, 0.1) is 6.61 Å². The number of rotatable bonds is 19. The number of ether oxygens (including phenoxy) is 5. The van der Waals surface area contributed by atoms with Gasteiger partial charge in [0.15, 0.2) is 6.10 Å². The molecule has 196 valence electrons. The van der Waals surface area contributed by atoms with Gasteiger partial charge in [-0.15, -0.1) is 0 Å². The molecule has 0 saturated carbocycles. The van der Waals surface area contributed by atoms with Gasteiger partial charge in [0.25, 0.3) is 0 Å². The highest BCUT2D eigenvalue weighted by Crippen LogP contribution is 2.37. The van der Waals surface area contributed by atoms with Crippen LogP contribution >= 0.6 is 0 Å². The van der Waals surface area contributed by atoms with Gasteiger partial charge in [-0.3, -0.25) is 0 Å². The Hall–Kier alpha value is -0.870. The fourth-order valence-electron chi connectivity index (χ4n) is 3.57. The molecule has 0 spiro atoms. The molecular weight excluding hydrogens is 438 g/mol. The minimum absolute atomic E-state index is 0.0122. The second-order valence-corrected chi connectivity index (χ2v) is 8.52. The molecule has 1 fully saturated rings. The van der Waals surface area contributed by atoms with Gasteiger partial charge in [0.2, 0.25) is 0 Å². The second-order valence-electron chi connectivity index (χ2n) is 8.52. The molecule has 33 heavy (non-hydrogen) atoms. The van der Waals surface area contributed by atoms with Crippen LogP contribution in [0.1, 0.15) is 79.1 Å². The van der Waals surface area contributed by atoms with Crippen LogP contribution in [0.5, 0.6) is 0 Å². The molecule has 5 atom stereocenters. The predicted octanol–water partition coefficient (Wildman–Crippen LogP) is 4.85. The number of hydrogen-bond donors (Lipinski definition) is 1. The van der Waals surface area contributed by atoms with Gasteiger partial charge in [0.1, 0.15) is 24.4 Å². The molecule has 7 nitrogen and oxygen atoms in total. The number of halogens is 2. The molecule has 9 heteroatoms. The van der Waals surface area contributed by atoms with Gasteiger partial charge in [-0.1, -0.05) is 53.4 Å². The first-order chi connectivity index (χ1) is 15.8. The van der Waals surface area contributed by atoms with Crippen molar-refractivity contribution in [3.05, 3.63) is 0 Å². The van der Waals surface area contributed by atoms with E-state index in [0.717, 1.165) is 44.9 Å². The van der Waals surface area contributed by atoms with Crippen molar-refractivity contribution in [1.29, 1.82) is 0 Å². The van der Waals surface area contributed by atoms with E-state index in [0.29, 0.717) is 26.2 Å². The van der Waals surface area contributed by atoms with Crippen molar-refractivity contribution in [2.75, 3.05) is 33.0 Å². The molecule has 0 bridgehead atoms. The van der Waals surface area contributed by atoms with Crippen LogP contribution in [0.2, 0.25) is 0 Å². The molecule has 1 unspecified atom stereocenters. The van der Waals surface area contributed by atoms with E-state index in [1.54, 1.807) is 0 Å². The molecule has 0 aliphatic carbocycles. The standard InChI is InChI=1S/C24H44F2O7/c1-5-9-13-29-17-18-19(30-14-10-6-2)20(31-15-11-7-3)21(32-16-12-8-4)22(33-18)24(25,26)23(27)28/h18-22H,5-17H2,1-4H3,(H,27,28)/t18-,19+,20?,21-,22-/m1/s1. The maximum Gasteiger partial charge on any atom is 0.377 e. The van der Waals surface area contributed by atoms with Crippen LogP contribution in [-0.2, 0) is 28.5 Å². The fourth-order valence-corrected chi connectivity index (χ4v) is 3.57. The number of carbonyl (C=O) groups is 1. The smallest absolute Gasteiger partial charge is 0.377 e. The Balaban J connectivity index is 3.26. The minimum Gasteiger partial charge on any atom is -0.477 e. The Bertz CT molecular complexity index is 521. The second kappa shape index (κ2) is 16.7. The number of carboxylic acids is 1. The van der Waals surface area contributed by atoms with E-state index >= 15 is 0 Å². The third kappa shape index (κ3) is 9.72. The first-order valence-electron chi connectivity index (χ1n) is 12.5. The number of aliphatic carboxylic acids is 1. The van der Waals surface area contributed by atoms with E-state index in [2.05, 4.69) is 0 Å². The minimum atomic E-state index is -4.15. The molecular formula is C24H44F2O7. The zero-order chi connectivity index (χ0) is 24.7. The zero-order valence-electron chi connectivity index (χ0n) is 20.7. The average molecular weight is 483 g/mol. The summed E-state index contributed by atoms with van der Waals surface area (Å²) in [6.45, 7) is 9.42. The molecule has 0 radical (unpaired) electrons. The van der Waals surface area contributed by atoms with Crippen LogP contribution in [-0.4, -0.2) is 80.6 Å². The molecule has 0 aromatic heterocycles. The lowest BCUT2D eigenvalue weighted by atomic mass is 9.91. The maximum atomic E-state index is 14.9. The monoisotopic (exact) mass is 482 g/mol. The van der Waals surface area contributed by atoms with Crippen LogP contribution in [0.4, 0.5) is 8.78 Å². The van der Waals surface area contributed by atoms with Gasteiger partial charge in [-0.05, 0) is 25.7 Å². The van der Waals surface area contributed by atoms with Crippen molar-refractivity contribution >= 4 is 5.97 Å². The zero-order valence-corrected chi connectivity index (χ0v) is 20.7. The molecule has 0 aromatic rings. The van der Waals surface area contributed by atoms with Crippen LogP contribution in [0.25, 0.3) is 0 Å². The summed E-state index contributed by atoms with van der Waals surface area (Å²) >= 11 is 0. The van der Waals surface area contributed by atoms with E-state index in [1.165, 1.54) is 0 Å². The maximum absolute atomic E-state index is 14.9. The molecule has 0 aromatic carbocycles. The molecule has 1 aliphatic heterocycles. The molecule has 1 saturated heterocycles. The van der Waals surface area contributed by atoms with Crippen molar-refractivity contribution in [3.8, 4) is 0 Å². The first kappa shape index (κ1) is 30.2. The summed E-state index contributed by atoms with van der Waals surface area (Å²) in [5.74, 6) is -6.40. The van der Waals surface area contributed by atoms with E-state index in [1.807, 2.05) is 27.7 Å². The summed E-state index contributed by atoms with van der Waals surface area (Å²) in [5.41, 5.74) is 0. The van der Waals surface area contributed by atoms with Gasteiger partial charge >= 0.3 is 11.9 Å². The first-order valence-corrected chi connectivity index (χ1v) is 12.5. The van der Waals surface area contributed by atoms with Gasteiger partial charge in [-0.2, -0.15) is 8.78 Å². The van der Waals surface area contributed by atoms with Crippen LogP contribution in [0.15, 0.2) is 0 Å². The highest BCUT2D eigenvalue weighted by atomic mass is 19.3. The number of hydrogen-bond acceptors (Lipinski definition) is 6. The Morgan fingerprint density at radius 1 is 0.788 bits per heavy atom. The predicted molar refractivity (Wildman–Crippen MR) is 121 cm³/mol. The molecule has 0 amide bonds. The molecule has 1 aliphatic rings. The third-order valence-electron chi connectivity index (χ3n) is 5.63. The van der Waals surface area contributed by atoms with Crippen LogP contribution in [0, 0.1) is 0 Å². The van der Waals surface area contributed by atoms with Crippen molar-refractivity contribution in [1.82, 2.24) is 0 Å². The topological polar surface area (TPSA) is 83.5 Å². The normalized spacial score (nSPS) is 25.9. The number of alkyl halides is 2. The summed E-state index contributed by atoms with van der Waals surface area (Å²) in [4.78, 5) is 11.5.